The minimum atomic E-state index is -1.15. The summed E-state index contributed by atoms with van der Waals surface area (Å²) in [7, 11) is -1.15. The number of amides is 1. The maximum atomic E-state index is 13.8. The Morgan fingerprint density at radius 1 is 1.11 bits per heavy atom. The fourth-order valence-electron chi connectivity index (χ4n) is 4.87. The van der Waals surface area contributed by atoms with Crippen LogP contribution in [0, 0.1) is 11.3 Å². The van der Waals surface area contributed by atoms with Crippen molar-refractivity contribution in [2.75, 3.05) is 12.8 Å². The second kappa shape index (κ2) is 11.0. The normalized spacial score (nSPS) is 22.8. The van der Waals surface area contributed by atoms with Crippen molar-refractivity contribution < 1.29 is 18.7 Å². The minimum Gasteiger partial charge on any atom is -0.448 e. The summed E-state index contributed by atoms with van der Waals surface area (Å²) >= 11 is 7.00. The Kier molecular flexibility index (Phi) is 8.86. The highest BCUT2D eigenvalue weighted by Gasteiger charge is 2.62. The van der Waals surface area contributed by atoms with Crippen LogP contribution in [0.2, 0.25) is 13.1 Å². The van der Waals surface area contributed by atoms with Crippen molar-refractivity contribution in [3.63, 3.8) is 0 Å². The fraction of sp³-hybridized carbons (Fsp3) is 0.571. The van der Waals surface area contributed by atoms with Crippen LogP contribution < -0.4 is 0 Å². The summed E-state index contributed by atoms with van der Waals surface area (Å²) in [6, 6.07) is 14.6. The summed E-state index contributed by atoms with van der Waals surface area (Å²) in [5, 5.41) is 2.26. The maximum absolute atomic E-state index is 13.8. The molecule has 3 atom stereocenters. The van der Waals surface area contributed by atoms with Gasteiger partial charge in [-0.15, -0.1) is 0 Å². The molecule has 1 aliphatic heterocycles. The Bertz CT molecular complexity index is 1090. The molecule has 2 aromatic carbocycles. The first-order chi connectivity index (χ1) is 16.7. The fourth-order valence-corrected chi connectivity index (χ4v) is 6.10. The lowest BCUT2D eigenvalue weighted by Crippen LogP contribution is -2.59. The second-order valence-electron chi connectivity index (χ2n) is 11.7. The zero-order valence-corrected chi connectivity index (χ0v) is 25.6. The van der Waals surface area contributed by atoms with E-state index in [1.807, 2.05) is 39.2 Å². The van der Waals surface area contributed by atoms with Gasteiger partial charge in [0.05, 0.1) is 0 Å². The molecule has 197 valence electrons. The van der Waals surface area contributed by atoms with Crippen LogP contribution in [0.3, 0.4) is 0 Å². The molecule has 2 aromatic rings. The van der Waals surface area contributed by atoms with Crippen molar-refractivity contribution in [1.82, 2.24) is 4.90 Å². The van der Waals surface area contributed by atoms with E-state index in [4.69, 9.17) is 26.1 Å². The zero-order chi connectivity index (χ0) is 26.9. The van der Waals surface area contributed by atoms with Crippen molar-refractivity contribution in [2.24, 2.45) is 11.3 Å². The van der Waals surface area contributed by atoms with Gasteiger partial charge in [0.25, 0.3) is 0 Å². The lowest BCUT2D eigenvalue weighted by Gasteiger charge is -2.44. The number of ether oxygens (including phenoxy) is 2. The number of thioether (sulfide) groups is 1. The lowest BCUT2D eigenvalue weighted by atomic mass is 9.76. The predicted octanol–water partition coefficient (Wildman–Crippen LogP) is 7.29. The molecule has 0 N–H and O–H groups in total. The average Bonchev–Trinajstić information content (AvgIpc) is 3.06. The number of benzene rings is 2. The number of fused-ring (bicyclic) bond motifs is 1. The van der Waals surface area contributed by atoms with Crippen molar-refractivity contribution in [1.29, 1.82) is 0 Å². The van der Waals surface area contributed by atoms with E-state index in [9.17, 15) is 4.79 Å². The summed E-state index contributed by atoms with van der Waals surface area (Å²) in [5.41, 5.74) is -0.864. The Labute approximate surface area is 228 Å². The van der Waals surface area contributed by atoms with Crippen LogP contribution in [0.15, 0.2) is 42.5 Å². The van der Waals surface area contributed by atoms with Gasteiger partial charge in [0.1, 0.15) is 11.7 Å². The molecular formula is C28H40NO4S2Si. The molecular weight excluding hydrogens is 507 g/mol. The van der Waals surface area contributed by atoms with Crippen molar-refractivity contribution in [3.8, 4) is 0 Å². The van der Waals surface area contributed by atoms with E-state index in [1.54, 1.807) is 4.90 Å². The predicted molar refractivity (Wildman–Crippen MR) is 156 cm³/mol. The van der Waals surface area contributed by atoms with Crippen LogP contribution in [0.25, 0.3) is 10.8 Å². The molecule has 1 aliphatic rings. The van der Waals surface area contributed by atoms with E-state index in [1.165, 1.54) is 11.8 Å². The standard InChI is InChI=1S/C28H40NO4S2Si/c1-26(2,3)22-18-29(24(30)31-27(4,5)6)28(32-25(34)35-7,23(22)33-36(8)9)17-20-15-12-14-19-13-10-11-16-21(19)20/h10-16,22-23H,17-18H2,1-9H3/t22-,23?,28+/m1/s1. The number of carbonyl (C=O) groups is 1. The summed E-state index contributed by atoms with van der Waals surface area (Å²) in [6.07, 6.45) is 1.54. The van der Waals surface area contributed by atoms with Crippen LogP contribution in [0.4, 0.5) is 4.79 Å². The van der Waals surface area contributed by atoms with Crippen molar-refractivity contribution in [2.45, 2.75) is 78.5 Å². The highest BCUT2D eigenvalue weighted by Crippen LogP contribution is 2.48. The third-order valence-electron chi connectivity index (χ3n) is 6.49. The Hall–Kier alpha value is -1.61. The van der Waals surface area contributed by atoms with E-state index in [0.717, 1.165) is 16.3 Å². The number of rotatable bonds is 5. The molecule has 0 saturated carbocycles. The summed E-state index contributed by atoms with van der Waals surface area (Å²) in [5.74, 6) is 0.0181. The zero-order valence-electron chi connectivity index (χ0n) is 23.0. The first kappa shape index (κ1) is 29.0. The first-order valence-electron chi connectivity index (χ1n) is 12.4. The summed E-state index contributed by atoms with van der Waals surface area (Å²) < 4.78 is 19.8. The molecule has 5 nitrogen and oxygen atoms in total. The monoisotopic (exact) mass is 546 g/mol. The quantitative estimate of drug-likeness (QED) is 0.290. The van der Waals surface area contributed by atoms with Gasteiger partial charge in [-0.2, -0.15) is 0 Å². The number of nitrogens with zero attached hydrogens (tertiary/aromatic N) is 1. The molecule has 0 aliphatic carbocycles. The molecule has 1 radical (unpaired) electrons. The van der Waals surface area contributed by atoms with Gasteiger partial charge in [0.2, 0.25) is 19.1 Å². The Morgan fingerprint density at radius 3 is 2.33 bits per heavy atom. The third-order valence-corrected chi connectivity index (χ3v) is 8.21. The Balaban J connectivity index is 2.27. The van der Waals surface area contributed by atoms with Crippen LogP contribution in [-0.2, 0) is 20.3 Å². The average molecular weight is 547 g/mol. The maximum Gasteiger partial charge on any atom is 0.413 e. The number of hydrogen-bond acceptors (Lipinski definition) is 6. The van der Waals surface area contributed by atoms with Crippen molar-refractivity contribution in [3.05, 3.63) is 48.0 Å². The van der Waals surface area contributed by atoms with E-state index in [-0.39, 0.29) is 17.4 Å². The Morgan fingerprint density at radius 2 is 1.75 bits per heavy atom. The van der Waals surface area contributed by atoms with E-state index in [2.05, 4.69) is 64.2 Å². The molecule has 1 unspecified atom stereocenters. The molecule has 1 saturated heterocycles. The highest BCUT2D eigenvalue weighted by atomic mass is 32.2. The van der Waals surface area contributed by atoms with Gasteiger partial charge in [-0.25, -0.2) is 4.79 Å². The number of thiocarbonyl (C=S) groups is 1. The van der Waals surface area contributed by atoms with Crippen molar-refractivity contribution >= 4 is 54.3 Å². The molecule has 1 heterocycles. The van der Waals surface area contributed by atoms with Crippen LogP contribution in [-0.4, -0.2) is 54.6 Å². The van der Waals surface area contributed by atoms with E-state index < -0.39 is 26.5 Å². The van der Waals surface area contributed by atoms with Gasteiger partial charge in [-0.3, -0.25) is 4.90 Å². The molecule has 0 aromatic heterocycles. The van der Waals surface area contributed by atoms with Gasteiger partial charge in [-0.05, 0) is 74.1 Å². The van der Waals surface area contributed by atoms with Crippen LogP contribution in [0.1, 0.15) is 47.1 Å². The van der Waals surface area contributed by atoms with Gasteiger partial charge in [-0.1, -0.05) is 75.0 Å². The minimum absolute atomic E-state index is 0.0181. The molecule has 1 amide bonds. The molecule has 1 fully saturated rings. The lowest BCUT2D eigenvalue weighted by molar-refractivity contribution is -0.122. The van der Waals surface area contributed by atoms with Crippen LogP contribution in [0.5, 0.6) is 0 Å². The van der Waals surface area contributed by atoms with Gasteiger partial charge < -0.3 is 13.9 Å². The summed E-state index contributed by atoms with van der Waals surface area (Å²) in [4.78, 5) is 15.6. The van der Waals surface area contributed by atoms with Gasteiger partial charge >= 0.3 is 6.09 Å². The van der Waals surface area contributed by atoms with Gasteiger partial charge in [0.15, 0.2) is 0 Å². The van der Waals surface area contributed by atoms with Gasteiger partial charge in [0, 0.05) is 18.9 Å². The molecule has 8 heteroatoms. The van der Waals surface area contributed by atoms with E-state index >= 15 is 0 Å². The smallest absolute Gasteiger partial charge is 0.413 e. The largest absolute Gasteiger partial charge is 0.448 e. The third kappa shape index (κ3) is 6.44. The molecule has 36 heavy (non-hydrogen) atoms. The summed E-state index contributed by atoms with van der Waals surface area (Å²) in [6.45, 7) is 16.9. The molecule has 0 spiro atoms. The molecule has 3 rings (SSSR count). The highest BCUT2D eigenvalue weighted by molar-refractivity contribution is 8.22. The first-order valence-corrected chi connectivity index (χ1v) is 16.4. The van der Waals surface area contributed by atoms with E-state index in [0.29, 0.717) is 17.3 Å². The number of likely N-dealkylation sites (tertiary alicyclic amines) is 1. The second-order valence-corrected chi connectivity index (χ2v) is 15.2. The molecule has 0 bridgehead atoms. The SMILES string of the molecule is CSC(=S)O[C@@]1(Cc2cccc3ccccc23)C(O[Si](C)C)[C@H](C(C)(C)C)CN1C(=O)OC(C)(C)C. The van der Waals surface area contributed by atoms with Crippen LogP contribution >= 0.6 is 24.0 Å². The number of hydrogen-bond donors (Lipinski definition) is 0. The number of carbonyl (C=O) groups excluding carboxylic acids is 1. The topological polar surface area (TPSA) is 48.0 Å².